The van der Waals surface area contributed by atoms with Crippen LogP contribution in [0.2, 0.25) is 0 Å². The average Bonchev–Trinajstić information content (AvgIpc) is 2.35. The van der Waals surface area contributed by atoms with Crippen molar-refractivity contribution in [1.29, 1.82) is 0 Å². The molecule has 1 saturated heterocycles. The van der Waals surface area contributed by atoms with Crippen LogP contribution in [-0.2, 0) is 9.31 Å². The van der Waals surface area contributed by atoms with Gasteiger partial charge in [0, 0.05) is 11.7 Å². The molecule has 0 radical (unpaired) electrons. The second kappa shape index (κ2) is 4.07. The highest BCUT2D eigenvalue weighted by atomic mass is 79.9. The maximum Gasteiger partial charge on any atom is 0.496 e. The maximum atomic E-state index is 5.99. The van der Waals surface area contributed by atoms with E-state index < -0.39 is 0 Å². The molecule has 5 heteroatoms. The third-order valence-electron chi connectivity index (χ3n) is 3.63. The molecule has 0 N–H and O–H groups in total. The molecule has 1 aliphatic heterocycles. The minimum absolute atomic E-state index is 0.308. The number of hydrogen-bond donors (Lipinski definition) is 0. The highest BCUT2D eigenvalue weighted by Crippen LogP contribution is 2.36. The third-order valence-corrected chi connectivity index (χ3v) is 4.06. The summed E-state index contributed by atoms with van der Waals surface area (Å²) < 4.78 is 12.8. The molecule has 1 fully saturated rings. The van der Waals surface area contributed by atoms with E-state index in [-0.39, 0.29) is 18.3 Å². The lowest BCUT2D eigenvalue weighted by molar-refractivity contribution is 0.00578. The number of nitrogens with zero attached hydrogens (tertiary/aromatic N) is 1. The fraction of sp³-hybridized carbons (Fsp3) is 0.583. The second-order valence-corrected chi connectivity index (χ2v) is 6.26. The van der Waals surface area contributed by atoms with Crippen LogP contribution >= 0.6 is 15.9 Å². The SMILES string of the molecule is Cc1cc(Br)ncc1B1OC(C)(C)C(C)(C)O1. The van der Waals surface area contributed by atoms with Crippen molar-refractivity contribution in [3.05, 3.63) is 22.4 Å². The van der Waals surface area contributed by atoms with Gasteiger partial charge < -0.3 is 9.31 Å². The topological polar surface area (TPSA) is 31.4 Å². The summed E-state index contributed by atoms with van der Waals surface area (Å²) in [5.41, 5.74) is 1.49. The summed E-state index contributed by atoms with van der Waals surface area (Å²) >= 11 is 3.36. The van der Waals surface area contributed by atoms with Gasteiger partial charge in [-0.1, -0.05) is 0 Å². The van der Waals surface area contributed by atoms with E-state index in [0.29, 0.717) is 0 Å². The van der Waals surface area contributed by atoms with E-state index >= 15 is 0 Å². The van der Waals surface area contributed by atoms with Crippen LogP contribution in [0.25, 0.3) is 0 Å². The van der Waals surface area contributed by atoms with Crippen LogP contribution in [0.1, 0.15) is 33.3 Å². The first-order valence-electron chi connectivity index (χ1n) is 5.71. The Hall–Kier alpha value is -0.385. The Bertz CT molecular complexity index is 432. The van der Waals surface area contributed by atoms with E-state index in [0.717, 1.165) is 15.6 Å². The van der Waals surface area contributed by atoms with Crippen molar-refractivity contribution in [2.24, 2.45) is 0 Å². The van der Waals surface area contributed by atoms with Crippen LogP contribution in [0.3, 0.4) is 0 Å². The molecule has 1 aromatic heterocycles. The molecule has 17 heavy (non-hydrogen) atoms. The zero-order valence-electron chi connectivity index (χ0n) is 10.9. The molecular weight excluding hydrogens is 281 g/mol. The zero-order valence-corrected chi connectivity index (χ0v) is 12.5. The summed E-state index contributed by atoms with van der Waals surface area (Å²) in [5.74, 6) is 0. The highest BCUT2D eigenvalue weighted by Gasteiger charge is 2.52. The molecule has 1 aromatic rings. The van der Waals surface area contributed by atoms with E-state index in [1.165, 1.54) is 0 Å². The minimum atomic E-state index is -0.333. The highest BCUT2D eigenvalue weighted by molar-refractivity contribution is 9.10. The van der Waals surface area contributed by atoms with E-state index in [4.69, 9.17) is 9.31 Å². The second-order valence-electron chi connectivity index (χ2n) is 5.45. The monoisotopic (exact) mass is 297 g/mol. The van der Waals surface area contributed by atoms with Crippen molar-refractivity contribution in [3.8, 4) is 0 Å². The first kappa shape index (κ1) is 13.1. The van der Waals surface area contributed by atoms with Crippen molar-refractivity contribution >= 4 is 28.5 Å². The van der Waals surface area contributed by atoms with Crippen molar-refractivity contribution < 1.29 is 9.31 Å². The Morgan fingerprint density at radius 1 is 1.18 bits per heavy atom. The standard InChI is InChI=1S/C12H17BBrNO2/c1-8-6-10(14)15-7-9(8)13-16-11(2,3)12(4,5)17-13/h6-7H,1-5H3. The van der Waals surface area contributed by atoms with Gasteiger partial charge in [0.1, 0.15) is 4.60 Å². The summed E-state index contributed by atoms with van der Waals surface area (Å²) in [7, 11) is -0.333. The van der Waals surface area contributed by atoms with Crippen molar-refractivity contribution in [2.45, 2.75) is 45.8 Å². The van der Waals surface area contributed by atoms with Crippen LogP contribution in [0.5, 0.6) is 0 Å². The normalized spacial score (nSPS) is 21.9. The Labute approximate surface area is 111 Å². The van der Waals surface area contributed by atoms with Crippen molar-refractivity contribution in [3.63, 3.8) is 0 Å². The van der Waals surface area contributed by atoms with Gasteiger partial charge in [0.15, 0.2) is 0 Å². The fourth-order valence-electron chi connectivity index (χ4n) is 1.75. The van der Waals surface area contributed by atoms with Gasteiger partial charge in [0.05, 0.1) is 11.2 Å². The molecule has 0 unspecified atom stereocenters. The molecule has 1 aliphatic rings. The Morgan fingerprint density at radius 2 is 1.71 bits per heavy atom. The third kappa shape index (κ3) is 2.28. The molecule has 0 aromatic carbocycles. The molecule has 2 heterocycles. The van der Waals surface area contributed by atoms with Gasteiger partial charge in [0.25, 0.3) is 0 Å². The lowest BCUT2D eigenvalue weighted by Crippen LogP contribution is -2.41. The largest absolute Gasteiger partial charge is 0.496 e. The number of aromatic nitrogens is 1. The van der Waals surface area contributed by atoms with E-state index in [1.54, 1.807) is 0 Å². The average molecular weight is 298 g/mol. The van der Waals surface area contributed by atoms with Gasteiger partial charge in [-0.05, 0) is 62.2 Å². The van der Waals surface area contributed by atoms with Gasteiger partial charge in [0.2, 0.25) is 0 Å². The number of hydrogen-bond acceptors (Lipinski definition) is 3. The van der Waals surface area contributed by atoms with Gasteiger partial charge in [-0.15, -0.1) is 0 Å². The molecule has 0 atom stereocenters. The Morgan fingerprint density at radius 3 is 2.18 bits per heavy atom. The molecule has 0 saturated carbocycles. The molecule has 2 rings (SSSR count). The summed E-state index contributed by atoms with van der Waals surface area (Å²) in [4.78, 5) is 4.24. The number of halogens is 1. The van der Waals surface area contributed by atoms with Crippen LogP contribution in [-0.4, -0.2) is 23.3 Å². The van der Waals surface area contributed by atoms with Gasteiger partial charge >= 0.3 is 7.12 Å². The quantitative estimate of drug-likeness (QED) is 0.589. The van der Waals surface area contributed by atoms with Crippen LogP contribution in [0.4, 0.5) is 0 Å². The van der Waals surface area contributed by atoms with Crippen LogP contribution in [0, 0.1) is 6.92 Å². The summed E-state index contributed by atoms with van der Waals surface area (Å²) in [5, 5.41) is 0. The molecule has 92 valence electrons. The Kier molecular flexibility index (Phi) is 3.13. The predicted molar refractivity (Wildman–Crippen MR) is 72.4 cm³/mol. The minimum Gasteiger partial charge on any atom is -0.399 e. The van der Waals surface area contributed by atoms with E-state index in [2.05, 4.69) is 48.6 Å². The lowest BCUT2D eigenvalue weighted by atomic mass is 9.77. The van der Waals surface area contributed by atoms with Crippen LogP contribution < -0.4 is 5.46 Å². The zero-order chi connectivity index (χ0) is 12.8. The van der Waals surface area contributed by atoms with Gasteiger partial charge in [-0.3, -0.25) is 0 Å². The van der Waals surface area contributed by atoms with Gasteiger partial charge in [-0.2, -0.15) is 0 Å². The van der Waals surface area contributed by atoms with Crippen molar-refractivity contribution in [1.82, 2.24) is 4.98 Å². The van der Waals surface area contributed by atoms with Crippen LogP contribution in [0.15, 0.2) is 16.9 Å². The fourth-order valence-corrected chi connectivity index (χ4v) is 2.19. The predicted octanol–water partition coefficient (Wildman–Crippen LogP) is 2.45. The molecule has 0 spiro atoms. The summed E-state index contributed by atoms with van der Waals surface area (Å²) in [6.45, 7) is 10.2. The molecular formula is C12H17BBrNO2. The van der Waals surface area contributed by atoms with E-state index in [9.17, 15) is 0 Å². The number of pyridine rings is 1. The maximum absolute atomic E-state index is 5.99. The smallest absolute Gasteiger partial charge is 0.399 e. The first-order valence-corrected chi connectivity index (χ1v) is 6.50. The van der Waals surface area contributed by atoms with E-state index in [1.807, 2.05) is 19.2 Å². The first-order chi connectivity index (χ1) is 7.73. The summed E-state index contributed by atoms with van der Waals surface area (Å²) in [6.07, 6.45) is 1.81. The number of rotatable bonds is 1. The number of aryl methyl sites for hydroxylation is 1. The lowest BCUT2D eigenvalue weighted by Gasteiger charge is -2.32. The molecule has 0 amide bonds. The summed E-state index contributed by atoms with van der Waals surface area (Å²) in [6, 6.07) is 1.97. The van der Waals surface area contributed by atoms with Crippen molar-refractivity contribution in [2.75, 3.05) is 0 Å². The molecule has 0 bridgehead atoms. The Balaban J connectivity index is 2.32. The van der Waals surface area contributed by atoms with Gasteiger partial charge in [-0.25, -0.2) is 4.98 Å². The molecule has 0 aliphatic carbocycles. The molecule has 3 nitrogen and oxygen atoms in total.